The van der Waals surface area contributed by atoms with Gasteiger partial charge in [-0.05, 0) is 62.5 Å². The molecule has 0 radical (unpaired) electrons. The summed E-state index contributed by atoms with van der Waals surface area (Å²) in [5.41, 5.74) is 2.85. The molecule has 8 nitrogen and oxygen atoms in total. The van der Waals surface area contributed by atoms with Gasteiger partial charge in [0, 0.05) is 82.8 Å². The van der Waals surface area contributed by atoms with Gasteiger partial charge >= 0.3 is 0 Å². The monoisotopic (exact) mass is 553 g/mol. The molecule has 6 rings (SSSR count). The first-order valence-electron chi connectivity index (χ1n) is 13.4. The zero-order chi connectivity index (χ0) is 26.1. The van der Waals surface area contributed by atoms with Gasteiger partial charge in [-0.3, -0.25) is 9.11 Å². The number of ether oxygens (including phenoxy) is 2. The molecule has 0 bridgehead atoms. The number of fused-ring (bicyclic) bond motifs is 2. The molecule has 3 aromatic heterocycles. The zero-order valence-corrected chi connectivity index (χ0v) is 23.7. The van der Waals surface area contributed by atoms with E-state index < -0.39 is 10.8 Å². The second-order valence-electron chi connectivity index (χ2n) is 10.3. The van der Waals surface area contributed by atoms with E-state index >= 15 is 0 Å². The lowest BCUT2D eigenvalue weighted by Gasteiger charge is -2.31. The van der Waals surface area contributed by atoms with Gasteiger partial charge in [-0.15, -0.1) is 11.3 Å². The maximum Gasteiger partial charge on any atom is 0.162 e. The van der Waals surface area contributed by atoms with Crippen molar-refractivity contribution in [2.75, 3.05) is 64.3 Å². The second kappa shape index (κ2) is 11.4. The van der Waals surface area contributed by atoms with Crippen LogP contribution >= 0.6 is 11.3 Å². The number of morpholine rings is 1. The molecule has 1 atom stereocenters. The number of likely N-dealkylation sites (tertiary alicyclic amines) is 1. The highest BCUT2D eigenvalue weighted by Gasteiger charge is 2.24. The van der Waals surface area contributed by atoms with Crippen molar-refractivity contribution in [2.45, 2.75) is 30.7 Å². The number of hydrogen-bond donors (Lipinski definition) is 1. The summed E-state index contributed by atoms with van der Waals surface area (Å²) in [4.78, 5) is 20.5. The van der Waals surface area contributed by atoms with Crippen LogP contribution in [0.1, 0.15) is 24.1 Å². The van der Waals surface area contributed by atoms with Crippen molar-refractivity contribution in [3.63, 3.8) is 0 Å². The predicted octanol–water partition coefficient (Wildman–Crippen LogP) is 4.66. The van der Waals surface area contributed by atoms with Crippen molar-refractivity contribution in [3.8, 4) is 11.4 Å². The first-order chi connectivity index (χ1) is 18.6. The molecule has 1 aromatic carbocycles. The normalized spacial score (nSPS) is 18.5. The van der Waals surface area contributed by atoms with Gasteiger partial charge in [0.2, 0.25) is 0 Å². The number of piperidine rings is 1. The van der Waals surface area contributed by atoms with E-state index in [1.54, 1.807) is 13.4 Å². The van der Waals surface area contributed by atoms with Crippen LogP contribution in [0.2, 0.25) is 0 Å². The van der Waals surface area contributed by atoms with E-state index in [0.717, 1.165) is 89.1 Å². The minimum atomic E-state index is -1.11. The Morgan fingerprint density at radius 2 is 1.97 bits per heavy atom. The Kier molecular flexibility index (Phi) is 7.76. The minimum absolute atomic E-state index is 0.680. The Hall–Kier alpha value is -2.37. The summed E-state index contributed by atoms with van der Waals surface area (Å²) in [5, 5.41) is 1.04. The van der Waals surface area contributed by atoms with Gasteiger partial charge in [0.1, 0.15) is 0 Å². The Bertz CT molecular complexity index is 1440. The van der Waals surface area contributed by atoms with Crippen molar-refractivity contribution in [1.82, 2.24) is 19.9 Å². The summed E-state index contributed by atoms with van der Waals surface area (Å²) in [6.07, 6.45) is 7.26. The highest BCUT2D eigenvalue weighted by atomic mass is 32.2. The van der Waals surface area contributed by atoms with Crippen molar-refractivity contribution < 1.29 is 13.7 Å². The summed E-state index contributed by atoms with van der Waals surface area (Å²) in [5.74, 6) is 2.43. The summed E-state index contributed by atoms with van der Waals surface area (Å²) in [7, 11) is 0.682. The van der Waals surface area contributed by atoms with Crippen LogP contribution < -0.4 is 4.90 Å². The maximum absolute atomic E-state index is 12.4. The Morgan fingerprint density at radius 1 is 1.16 bits per heavy atom. The molecular weight excluding hydrogens is 518 g/mol. The Labute approximate surface area is 229 Å². The third-order valence-electron chi connectivity index (χ3n) is 7.75. The van der Waals surface area contributed by atoms with Gasteiger partial charge < -0.3 is 19.4 Å². The van der Waals surface area contributed by atoms with Gasteiger partial charge in [0.25, 0.3) is 0 Å². The molecule has 202 valence electrons. The Balaban J connectivity index is 1.36. The highest BCUT2D eigenvalue weighted by Crippen LogP contribution is 2.37. The number of thiophene rings is 1. The van der Waals surface area contributed by atoms with Crippen LogP contribution in [-0.4, -0.2) is 83.4 Å². The van der Waals surface area contributed by atoms with Crippen LogP contribution in [0.25, 0.3) is 32.5 Å². The smallest absolute Gasteiger partial charge is 0.162 e. The fourth-order valence-corrected chi connectivity index (χ4v) is 7.30. The number of aromatic nitrogens is 3. The molecule has 5 heterocycles. The number of rotatable bonds is 8. The van der Waals surface area contributed by atoms with E-state index in [1.807, 2.05) is 35.7 Å². The van der Waals surface area contributed by atoms with Crippen LogP contribution in [0.15, 0.2) is 35.4 Å². The van der Waals surface area contributed by atoms with Crippen molar-refractivity contribution in [1.29, 1.82) is 0 Å². The SMILES string of the molecule is COCCC1CCN(Cc2cc3nc(-c4cc(S(C)=O)cc5[nH]ccc45)nc(N4CCOCC4)c3s2)CC1. The first-order valence-corrected chi connectivity index (χ1v) is 15.8. The van der Waals surface area contributed by atoms with Gasteiger partial charge in [0.05, 0.1) is 23.4 Å². The Morgan fingerprint density at radius 3 is 2.74 bits per heavy atom. The average Bonchev–Trinajstić information content (AvgIpc) is 3.58. The topological polar surface area (TPSA) is 83.6 Å². The largest absolute Gasteiger partial charge is 0.385 e. The molecule has 10 heteroatoms. The first kappa shape index (κ1) is 25.9. The van der Waals surface area contributed by atoms with E-state index in [0.29, 0.717) is 19.0 Å². The van der Waals surface area contributed by atoms with E-state index in [-0.39, 0.29) is 0 Å². The molecule has 38 heavy (non-hydrogen) atoms. The van der Waals surface area contributed by atoms with E-state index in [4.69, 9.17) is 19.4 Å². The van der Waals surface area contributed by atoms with Crippen LogP contribution in [0.4, 0.5) is 5.82 Å². The van der Waals surface area contributed by atoms with E-state index in [9.17, 15) is 4.21 Å². The molecule has 0 amide bonds. The molecule has 1 unspecified atom stereocenters. The fourth-order valence-electron chi connectivity index (χ4n) is 5.58. The molecule has 2 aliphatic heterocycles. The van der Waals surface area contributed by atoms with Gasteiger partial charge in [0.15, 0.2) is 11.6 Å². The third kappa shape index (κ3) is 5.37. The number of methoxy groups -OCH3 is 1. The van der Waals surface area contributed by atoms with Crippen LogP contribution in [0, 0.1) is 5.92 Å². The van der Waals surface area contributed by atoms with Crippen LogP contribution in [0.3, 0.4) is 0 Å². The molecule has 2 fully saturated rings. The van der Waals surface area contributed by atoms with Gasteiger partial charge in [-0.25, -0.2) is 9.97 Å². The van der Waals surface area contributed by atoms with E-state index in [2.05, 4.69) is 20.9 Å². The molecule has 1 N–H and O–H groups in total. The van der Waals surface area contributed by atoms with Crippen molar-refractivity contribution >= 4 is 49.1 Å². The van der Waals surface area contributed by atoms with Crippen molar-refractivity contribution in [2.24, 2.45) is 5.92 Å². The van der Waals surface area contributed by atoms with Gasteiger partial charge in [-0.2, -0.15) is 0 Å². The number of benzene rings is 1. The summed E-state index contributed by atoms with van der Waals surface area (Å²) >= 11 is 1.82. The number of H-pyrrole nitrogens is 1. The summed E-state index contributed by atoms with van der Waals surface area (Å²) in [6, 6.07) is 8.24. The molecular formula is C28H35N5O3S2. The van der Waals surface area contributed by atoms with Gasteiger partial charge in [-0.1, -0.05) is 0 Å². The highest BCUT2D eigenvalue weighted by molar-refractivity contribution is 7.84. The molecule has 2 aliphatic rings. The van der Waals surface area contributed by atoms with Crippen LogP contribution in [-0.2, 0) is 26.8 Å². The zero-order valence-electron chi connectivity index (χ0n) is 22.1. The fraction of sp³-hybridized carbons (Fsp3) is 0.500. The lowest BCUT2D eigenvalue weighted by atomic mass is 9.94. The number of nitrogens with zero attached hydrogens (tertiary/aromatic N) is 4. The number of hydrogen-bond acceptors (Lipinski definition) is 8. The van der Waals surface area contributed by atoms with E-state index in [1.165, 1.54) is 17.7 Å². The van der Waals surface area contributed by atoms with Crippen LogP contribution in [0.5, 0.6) is 0 Å². The summed E-state index contributed by atoms with van der Waals surface area (Å²) in [6.45, 7) is 7.08. The summed E-state index contributed by atoms with van der Waals surface area (Å²) < 4.78 is 24.5. The molecule has 0 spiro atoms. The predicted molar refractivity (Wildman–Crippen MR) is 155 cm³/mol. The average molecular weight is 554 g/mol. The second-order valence-corrected chi connectivity index (χ2v) is 12.8. The quantitative estimate of drug-likeness (QED) is 0.340. The number of nitrogens with one attached hydrogen (secondary N) is 1. The number of anilines is 1. The molecule has 0 saturated carbocycles. The standard InChI is InChI=1S/C28H35N5O3S2/c1-35-12-6-19-4-8-32(9-5-19)18-20-15-25-26(37-20)28(33-10-13-36-14-11-33)31-27(30-25)23-16-21(38(2)34)17-24-22(23)3-7-29-24/h3,7,15-17,19,29H,4-6,8-14,18H2,1-2H3. The van der Waals surface area contributed by atoms with Crippen molar-refractivity contribution in [3.05, 3.63) is 35.3 Å². The maximum atomic E-state index is 12.4. The molecule has 4 aromatic rings. The number of aromatic amines is 1. The third-order valence-corrected chi connectivity index (χ3v) is 9.75. The minimum Gasteiger partial charge on any atom is -0.385 e. The lowest BCUT2D eigenvalue weighted by Crippen LogP contribution is -2.36. The lowest BCUT2D eigenvalue weighted by molar-refractivity contribution is 0.122. The molecule has 0 aliphatic carbocycles. The molecule has 2 saturated heterocycles.